The van der Waals surface area contributed by atoms with E-state index in [4.69, 9.17) is 4.74 Å². The van der Waals surface area contributed by atoms with Gasteiger partial charge in [0.25, 0.3) is 5.56 Å². The first-order valence-electron chi connectivity index (χ1n) is 10.0. The van der Waals surface area contributed by atoms with Crippen LogP contribution in [0.1, 0.15) is 25.7 Å². The number of hydrogen-bond acceptors (Lipinski definition) is 7. The smallest absolute Gasteiger partial charge is 0.337 e. The molecule has 0 unspecified atom stereocenters. The molecule has 0 N–H and O–H groups in total. The number of benzene rings is 1. The lowest BCUT2D eigenvalue weighted by molar-refractivity contribution is 0.200. The summed E-state index contributed by atoms with van der Waals surface area (Å²) >= 11 is 0. The highest BCUT2D eigenvalue weighted by molar-refractivity contribution is 5.70. The summed E-state index contributed by atoms with van der Waals surface area (Å²) in [7, 11) is 1.35. The number of piperidine rings is 1. The van der Waals surface area contributed by atoms with Crippen molar-refractivity contribution in [1.29, 1.82) is 0 Å². The van der Waals surface area contributed by atoms with Gasteiger partial charge in [-0.1, -0.05) is 11.5 Å². The van der Waals surface area contributed by atoms with E-state index in [2.05, 4.69) is 20.1 Å². The summed E-state index contributed by atoms with van der Waals surface area (Å²) in [6.45, 7) is 3.57. The lowest BCUT2D eigenvalue weighted by Gasteiger charge is -2.26. The van der Waals surface area contributed by atoms with Crippen LogP contribution in [0, 0.1) is 5.82 Å². The van der Waals surface area contributed by atoms with Gasteiger partial charge >= 0.3 is 11.7 Å². The number of likely N-dealkylation sites (tertiary alicyclic amines) is 1. The quantitative estimate of drug-likeness (QED) is 0.561. The van der Waals surface area contributed by atoms with E-state index in [1.165, 1.54) is 55.1 Å². The molecule has 4 rings (SSSR count). The number of ether oxygens (including phenoxy) is 1. The molecule has 1 aromatic carbocycles. The average Bonchev–Trinajstić information content (AvgIpc) is 2.77. The highest BCUT2D eigenvalue weighted by Crippen LogP contribution is 2.13. The second-order valence-electron chi connectivity index (χ2n) is 7.33. The molecule has 0 bridgehead atoms. The normalized spacial score (nSPS) is 14.9. The second-order valence-corrected chi connectivity index (χ2v) is 7.33. The van der Waals surface area contributed by atoms with Gasteiger partial charge in [-0.05, 0) is 56.6 Å². The Kier molecular flexibility index (Phi) is 5.84. The van der Waals surface area contributed by atoms with Gasteiger partial charge in [-0.25, -0.2) is 13.8 Å². The molecular formula is C20H23FN6O3. The van der Waals surface area contributed by atoms with Crippen LogP contribution in [-0.2, 0) is 7.05 Å². The third kappa shape index (κ3) is 4.09. The zero-order valence-electron chi connectivity index (χ0n) is 16.8. The average molecular weight is 414 g/mol. The van der Waals surface area contributed by atoms with Crippen LogP contribution < -0.4 is 16.0 Å². The Labute approximate surface area is 171 Å². The minimum Gasteiger partial charge on any atom is -0.462 e. The Morgan fingerprint density at radius 3 is 2.53 bits per heavy atom. The standard InChI is InChI=1S/C20H23FN6O3/c1-25-18(28)16-17(27(20(25)29)15-8-6-14(21)7-9-15)23-24-19(22-16)30-13-5-12-26-10-3-2-4-11-26/h6-9H,2-5,10-13H2,1H3. The SMILES string of the molecule is Cn1c(=O)c2nc(OCCCN3CCCCC3)nnc2n(-c2ccc(F)cc2)c1=O. The summed E-state index contributed by atoms with van der Waals surface area (Å²) < 4.78 is 21.0. The third-order valence-corrected chi connectivity index (χ3v) is 5.23. The van der Waals surface area contributed by atoms with Gasteiger partial charge < -0.3 is 9.64 Å². The topological polar surface area (TPSA) is 95.1 Å². The van der Waals surface area contributed by atoms with Gasteiger partial charge in [0.05, 0.1) is 12.3 Å². The predicted molar refractivity (Wildman–Crippen MR) is 109 cm³/mol. The van der Waals surface area contributed by atoms with Crippen molar-refractivity contribution in [3.05, 3.63) is 50.9 Å². The van der Waals surface area contributed by atoms with E-state index in [-0.39, 0.29) is 17.2 Å². The number of fused-ring (bicyclic) bond motifs is 1. The van der Waals surface area contributed by atoms with E-state index in [0.29, 0.717) is 12.3 Å². The van der Waals surface area contributed by atoms with Gasteiger partial charge in [0, 0.05) is 13.6 Å². The van der Waals surface area contributed by atoms with Gasteiger partial charge in [-0.3, -0.25) is 9.36 Å². The monoisotopic (exact) mass is 414 g/mol. The van der Waals surface area contributed by atoms with E-state index >= 15 is 0 Å². The van der Waals surface area contributed by atoms with Crippen molar-refractivity contribution in [2.24, 2.45) is 7.05 Å². The molecule has 0 amide bonds. The molecule has 0 saturated carbocycles. The molecule has 1 fully saturated rings. The number of nitrogens with zero attached hydrogens (tertiary/aromatic N) is 6. The molecule has 0 atom stereocenters. The minimum absolute atomic E-state index is 0.00428. The van der Waals surface area contributed by atoms with Crippen LogP contribution in [-0.4, -0.2) is 55.5 Å². The molecule has 1 saturated heterocycles. The van der Waals surface area contributed by atoms with Crippen LogP contribution in [0.3, 0.4) is 0 Å². The van der Waals surface area contributed by atoms with Crippen LogP contribution in [0.2, 0.25) is 0 Å². The number of aromatic nitrogens is 5. The summed E-state index contributed by atoms with van der Waals surface area (Å²) in [5, 5.41) is 7.95. The van der Waals surface area contributed by atoms with E-state index in [1.807, 2.05) is 0 Å². The summed E-state index contributed by atoms with van der Waals surface area (Å²) in [6, 6.07) is 5.28. The Morgan fingerprint density at radius 2 is 1.80 bits per heavy atom. The van der Waals surface area contributed by atoms with Crippen molar-refractivity contribution in [3.63, 3.8) is 0 Å². The first-order chi connectivity index (χ1) is 14.5. The predicted octanol–water partition coefficient (Wildman–Crippen LogP) is 1.27. The summed E-state index contributed by atoms with van der Waals surface area (Å²) in [4.78, 5) is 31.8. The lowest BCUT2D eigenvalue weighted by atomic mass is 10.1. The Hall–Kier alpha value is -3.14. The molecule has 158 valence electrons. The van der Waals surface area contributed by atoms with Crippen LogP contribution in [0.5, 0.6) is 6.01 Å². The molecule has 3 heterocycles. The maximum absolute atomic E-state index is 13.3. The van der Waals surface area contributed by atoms with Crippen molar-refractivity contribution in [2.75, 3.05) is 26.2 Å². The highest BCUT2D eigenvalue weighted by atomic mass is 19.1. The molecule has 3 aromatic rings. The molecule has 1 aliphatic rings. The van der Waals surface area contributed by atoms with Gasteiger partial charge in [0.1, 0.15) is 5.82 Å². The fourth-order valence-corrected chi connectivity index (χ4v) is 3.60. The summed E-state index contributed by atoms with van der Waals surface area (Å²) in [5.74, 6) is -0.439. The lowest BCUT2D eigenvalue weighted by Crippen LogP contribution is -2.38. The zero-order valence-corrected chi connectivity index (χ0v) is 16.8. The molecule has 0 radical (unpaired) electrons. The van der Waals surface area contributed by atoms with Crippen LogP contribution >= 0.6 is 0 Å². The maximum atomic E-state index is 13.3. The molecule has 1 aliphatic heterocycles. The second kappa shape index (κ2) is 8.70. The number of halogens is 1. The van der Waals surface area contributed by atoms with Gasteiger partial charge in [0.2, 0.25) is 0 Å². The zero-order chi connectivity index (χ0) is 21.1. The first kappa shape index (κ1) is 20.1. The maximum Gasteiger partial charge on any atom is 0.337 e. The van der Waals surface area contributed by atoms with Crippen LogP contribution in [0.4, 0.5) is 4.39 Å². The minimum atomic E-state index is -0.620. The molecule has 30 heavy (non-hydrogen) atoms. The summed E-state index contributed by atoms with van der Waals surface area (Å²) in [6.07, 6.45) is 4.57. The fraction of sp³-hybridized carbons (Fsp3) is 0.450. The summed E-state index contributed by atoms with van der Waals surface area (Å²) in [5.41, 5.74) is -0.905. The molecule has 0 aliphatic carbocycles. The van der Waals surface area contributed by atoms with Crippen molar-refractivity contribution >= 4 is 11.2 Å². The van der Waals surface area contributed by atoms with Gasteiger partial charge in [0.15, 0.2) is 11.2 Å². The van der Waals surface area contributed by atoms with E-state index in [0.717, 1.165) is 30.6 Å². The molecule has 9 nitrogen and oxygen atoms in total. The largest absolute Gasteiger partial charge is 0.462 e. The Balaban J connectivity index is 1.58. The van der Waals surface area contributed by atoms with Crippen molar-refractivity contribution in [2.45, 2.75) is 25.7 Å². The number of hydrogen-bond donors (Lipinski definition) is 0. The molecular weight excluding hydrogens is 391 g/mol. The molecule has 10 heteroatoms. The Morgan fingerprint density at radius 1 is 1.07 bits per heavy atom. The van der Waals surface area contributed by atoms with E-state index in [9.17, 15) is 14.0 Å². The molecule has 2 aromatic heterocycles. The van der Waals surface area contributed by atoms with Crippen LogP contribution in [0.25, 0.3) is 16.9 Å². The van der Waals surface area contributed by atoms with Crippen LogP contribution in [0.15, 0.2) is 33.9 Å². The Bertz CT molecular complexity index is 1150. The third-order valence-electron chi connectivity index (χ3n) is 5.23. The van der Waals surface area contributed by atoms with E-state index in [1.54, 1.807) is 0 Å². The van der Waals surface area contributed by atoms with Crippen molar-refractivity contribution in [1.82, 2.24) is 29.2 Å². The van der Waals surface area contributed by atoms with Gasteiger partial charge in [-0.15, -0.1) is 5.10 Å². The van der Waals surface area contributed by atoms with Crippen molar-refractivity contribution < 1.29 is 9.13 Å². The first-order valence-corrected chi connectivity index (χ1v) is 10.0. The fourth-order valence-electron chi connectivity index (χ4n) is 3.60. The highest BCUT2D eigenvalue weighted by Gasteiger charge is 2.17. The number of rotatable bonds is 6. The van der Waals surface area contributed by atoms with Gasteiger partial charge in [-0.2, -0.15) is 4.98 Å². The van der Waals surface area contributed by atoms with E-state index < -0.39 is 17.1 Å². The van der Waals surface area contributed by atoms with Crippen molar-refractivity contribution in [3.8, 4) is 11.7 Å². The molecule has 0 spiro atoms.